The minimum atomic E-state index is -1.79. The summed E-state index contributed by atoms with van der Waals surface area (Å²) in [6.07, 6.45) is -4.34. The van der Waals surface area contributed by atoms with Gasteiger partial charge in [0.05, 0.1) is 13.2 Å². The molecule has 30 heavy (non-hydrogen) atoms. The summed E-state index contributed by atoms with van der Waals surface area (Å²) in [7, 11) is 0. The van der Waals surface area contributed by atoms with Crippen LogP contribution in [0.3, 0.4) is 0 Å². The molecule has 6 nitrogen and oxygen atoms in total. The van der Waals surface area contributed by atoms with Crippen LogP contribution in [0.2, 0.25) is 5.02 Å². The number of rotatable bonds is 6. The van der Waals surface area contributed by atoms with Crippen molar-refractivity contribution in [2.24, 2.45) is 0 Å². The molecule has 2 saturated heterocycles. The van der Waals surface area contributed by atoms with Crippen molar-refractivity contribution in [2.75, 3.05) is 19.9 Å². The molecule has 4 rings (SSSR count). The predicted octanol–water partition coefficient (Wildman–Crippen LogP) is 2.33. The molecule has 2 aliphatic rings. The molecule has 0 unspecified atom stereocenters. The molecule has 0 radical (unpaired) electrons. The van der Waals surface area contributed by atoms with Gasteiger partial charge < -0.3 is 29.5 Å². The van der Waals surface area contributed by atoms with E-state index in [1.165, 1.54) is 0 Å². The first-order valence-corrected chi connectivity index (χ1v) is 10.2. The zero-order valence-corrected chi connectivity index (χ0v) is 17.2. The highest BCUT2D eigenvalue weighted by Crippen LogP contribution is 2.50. The van der Waals surface area contributed by atoms with Crippen LogP contribution in [0.4, 0.5) is 4.39 Å². The Hall–Kier alpha value is -1.74. The van der Waals surface area contributed by atoms with Crippen molar-refractivity contribution in [1.29, 1.82) is 0 Å². The highest BCUT2D eigenvalue weighted by atomic mass is 35.5. The van der Waals surface area contributed by atoms with Crippen molar-refractivity contribution in [2.45, 2.75) is 43.0 Å². The second-order valence-corrected chi connectivity index (χ2v) is 8.10. The van der Waals surface area contributed by atoms with Gasteiger partial charge >= 0.3 is 0 Å². The summed E-state index contributed by atoms with van der Waals surface area (Å²) < 4.78 is 30.6. The third-order valence-corrected chi connectivity index (χ3v) is 6.13. The first-order chi connectivity index (χ1) is 14.3. The third-order valence-electron chi connectivity index (χ3n) is 5.76. The van der Waals surface area contributed by atoms with Crippen molar-refractivity contribution < 1.29 is 33.9 Å². The van der Waals surface area contributed by atoms with Gasteiger partial charge in [-0.2, -0.15) is 0 Å². The normalized spacial score (nSPS) is 32.9. The Morgan fingerprint density at radius 2 is 1.87 bits per heavy atom. The Morgan fingerprint density at radius 1 is 1.13 bits per heavy atom. The van der Waals surface area contributed by atoms with Crippen LogP contribution in [-0.4, -0.2) is 59.1 Å². The lowest BCUT2D eigenvalue weighted by Gasteiger charge is -2.45. The Morgan fingerprint density at radius 3 is 2.53 bits per heavy atom. The lowest BCUT2D eigenvalue weighted by Crippen LogP contribution is -2.65. The predicted molar refractivity (Wildman–Crippen MR) is 107 cm³/mol. The molecule has 5 atom stereocenters. The number of aliphatic hydroxyl groups is 3. The van der Waals surface area contributed by atoms with Gasteiger partial charge in [0.1, 0.15) is 30.7 Å². The zero-order chi connectivity index (χ0) is 21.5. The summed E-state index contributed by atoms with van der Waals surface area (Å²) in [6.45, 7) is 1.14. The average molecular weight is 439 g/mol. The summed E-state index contributed by atoms with van der Waals surface area (Å²) in [5.74, 6) is -1.02. The SMILES string of the molecule is CCOc1ccc(Cc2cc([C@]34OC[C@](CF)(O3)[C@@H](O)[C@H](O)[C@H]4O)ccc2Cl)cc1. The monoisotopic (exact) mass is 438 g/mol. The van der Waals surface area contributed by atoms with Crippen molar-refractivity contribution in [3.05, 3.63) is 64.2 Å². The highest BCUT2D eigenvalue weighted by Gasteiger charge is 2.67. The summed E-state index contributed by atoms with van der Waals surface area (Å²) >= 11 is 6.39. The van der Waals surface area contributed by atoms with E-state index in [0.717, 1.165) is 16.9 Å². The van der Waals surface area contributed by atoms with Crippen LogP contribution in [0.1, 0.15) is 23.6 Å². The molecule has 3 N–H and O–H groups in total. The minimum Gasteiger partial charge on any atom is -0.494 e. The van der Waals surface area contributed by atoms with E-state index in [4.69, 9.17) is 25.8 Å². The number of halogens is 2. The van der Waals surface area contributed by atoms with Crippen LogP contribution >= 0.6 is 11.6 Å². The van der Waals surface area contributed by atoms with Crippen LogP contribution in [-0.2, 0) is 21.7 Å². The van der Waals surface area contributed by atoms with Gasteiger partial charge in [0.15, 0.2) is 5.60 Å². The van der Waals surface area contributed by atoms with Crippen molar-refractivity contribution in [3.8, 4) is 5.75 Å². The number of alkyl halides is 1. The summed E-state index contributed by atoms with van der Waals surface area (Å²) in [5.41, 5.74) is 0.390. The second kappa shape index (κ2) is 8.07. The average Bonchev–Trinajstić information content (AvgIpc) is 3.14. The molecular weight excluding hydrogens is 415 g/mol. The van der Waals surface area contributed by atoms with Gasteiger partial charge in [-0.15, -0.1) is 0 Å². The number of hydrogen-bond acceptors (Lipinski definition) is 6. The van der Waals surface area contributed by atoms with Gasteiger partial charge in [-0.05, 0) is 48.7 Å². The van der Waals surface area contributed by atoms with Crippen molar-refractivity contribution >= 4 is 11.6 Å². The van der Waals surface area contributed by atoms with Crippen LogP contribution < -0.4 is 4.74 Å². The van der Waals surface area contributed by atoms with Crippen molar-refractivity contribution in [1.82, 2.24) is 0 Å². The largest absolute Gasteiger partial charge is 0.494 e. The fraction of sp³-hybridized carbons (Fsp3) is 0.455. The molecular formula is C22H24ClFO6. The van der Waals surface area contributed by atoms with Crippen LogP contribution in [0.15, 0.2) is 42.5 Å². The lowest BCUT2D eigenvalue weighted by molar-refractivity contribution is -0.327. The first-order valence-electron chi connectivity index (χ1n) is 9.80. The van der Waals surface area contributed by atoms with Crippen molar-refractivity contribution in [3.63, 3.8) is 0 Å². The van der Waals surface area contributed by atoms with E-state index < -0.39 is 36.4 Å². The van der Waals surface area contributed by atoms with E-state index in [1.807, 2.05) is 31.2 Å². The second-order valence-electron chi connectivity index (χ2n) is 7.70. The zero-order valence-electron chi connectivity index (χ0n) is 16.4. The van der Waals surface area contributed by atoms with Gasteiger partial charge in [0, 0.05) is 10.6 Å². The maximum absolute atomic E-state index is 13.7. The van der Waals surface area contributed by atoms with E-state index in [9.17, 15) is 19.7 Å². The molecule has 2 fully saturated rings. The van der Waals surface area contributed by atoms with Gasteiger partial charge in [0.2, 0.25) is 5.79 Å². The van der Waals surface area contributed by atoms with E-state index in [1.54, 1.807) is 18.2 Å². The van der Waals surface area contributed by atoms with Gasteiger partial charge in [-0.25, -0.2) is 4.39 Å². The van der Waals surface area contributed by atoms with E-state index in [0.29, 0.717) is 23.6 Å². The Kier molecular flexibility index (Phi) is 5.78. The Balaban J connectivity index is 1.66. The van der Waals surface area contributed by atoms with Gasteiger partial charge in [-0.1, -0.05) is 29.8 Å². The smallest absolute Gasteiger partial charge is 0.225 e. The minimum absolute atomic E-state index is 0.296. The molecule has 2 heterocycles. The summed E-state index contributed by atoms with van der Waals surface area (Å²) in [4.78, 5) is 0. The quantitative estimate of drug-likeness (QED) is 0.641. The van der Waals surface area contributed by atoms with Gasteiger partial charge in [0.25, 0.3) is 0 Å². The molecule has 8 heteroatoms. The maximum atomic E-state index is 13.7. The molecule has 0 amide bonds. The molecule has 0 spiro atoms. The summed E-state index contributed by atoms with van der Waals surface area (Å²) in [6, 6.07) is 12.6. The van der Waals surface area contributed by atoms with E-state index in [-0.39, 0.29) is 6.61 Å². The number of hydrogen-bond donors (Lipinski definition) is 3. The molecule has 2 aromatic rings. The third kappa shape index (κ3) is 3.39. The fourth-order valence-electron chi connectivity index (χ4n) is 4.07. The lowest BCUT2D eigenvalue weighted by atomic mass is 9.84. The molecule has 0 aliphatic carbocycles. The molecule has 2 bridgehead atoms. The Bertz CT molecular complexity index is 909. The summed E-state index contributed by atoms with van der Waals surface area (Å²) in [5, 5.41) is 31.7. The van der Waals surface area contributed by atoms with Gasteiger partial charge in [-0.3, -0.25) is 0 Å². The topological polar surface area (TPSA) is 88.4 Å². The maximum Gasteiger partial charge on any atom is 0.225 e. The number of fused-ring (bicyclic) bond motifs is 2. The van der Waals surface area contributed by atoms with Crippen LogP contribution in [0.25, 0.3) is 0 Å². The fourth-order valence-corrected chi connectivity index (χ4v) is 4.25. The van der Waals surface area contributed by atoms with E-state index in [2.05, 4.69) is 0 Å². The first kappa shape index (κ1) is 21.5. The molecule has 0 aromatic heterocycles. The highest BCUT2D eigenvalue weighted by molar-refractivity contribution is 6.31. The van der Waals surface area contributed by atoms with E-state index >= 15 is 0 Å². The number of ether oxygens (including phenoxy) is 3. The Labute approximate surface area is 178 Å². The number of benzene rings is 2. The van der Waals surface area contributed by atoms with Crippen LogP contribution in [0, 0.1) is 0 Å². The molecule has 0 saturated carbocycles. The molecule has 2 aliphatic heterocycles. The molecule has 2 aromatic carbocycles. The molecule has 162 valence electrons. The van der Waals surface area contributed by atoms with Crippen LogP contribution in [0.5, 0.6) is 5.75 Å². The number of aliphatic hydroxyl groups excluding tert-OH is 3. The standard InChI is InChI=1S/C22H24ClFO6/c1-2-28-16-6-3-13(4-7-16)9-14-10-15(5-8-17(14)23)22-20(27)18(25)19(26)21(11-24,30-22)12-29-22/h3-8,10,18-20,25-27H,2,9,11-12H2,1H3/t18-,19-,20+,21-,22-/m0/s1.